The van der Waals surface area contributed by atoms with Crippen molar-refractivity contribution < 1.29 is 4.79 Å². The number of Topliss-reactive ketones (excluding diaryl/α,β-unsaturated/α-hetero) is 1. The minimum Gasteiger partial charge on any atom is -0.300 e. The lowest BCUT2D eigenvalue weighted by molar-refractivity contribution is -0.123. The molecule has 2 aliphatic heterocycles. The SMILES string of the molecule is C/C=C/CCN1C2CCC1CC(=O)C2. The molecule has 2 bridgehead atoms. The van der Waals surface area contributed by atoms with Gasteiger partial charge in [0, 0.05) is 31.5 Å². The quantitative estimate of drug-likeness (QED) is 0.640. The van der Waals surface area contributed by atoms with Gasteiger partial charge in [0.2, 0.25) is 0 Å². The summed E-state index contributed by atoms with van der Waals surface area (Å²) in [7, 11) is 0. The molecule has 2 saturated heterocycles. The van der Waals surface area contributed by atoms with Crippen LogP contribution in [0.1, 0.15) is 39.0 Å². The number of nitrogens with zero attached hydrogens (tertiary/aromatic N) is 1. The summed E-state index contributed by atoms with van der Waals surface area (Å²) in [6.07, 6.45) is 9.57. The summed E-state index contributed by atoms with van der Waals surface area (Å²) in [5, 5.41) is 0. The molecule has 2 aliphatic rings. The minimum absolute atomic E-state index is 0.486. The van der Waals surface area contributed by atoms with Crippen LogP contribution in [0.2, 0.25) is 0 Å². The van der Waals surface area contributed by atoms with Crippen molar-refractivity contribution in [3.63, 3.8) is 0 Å². The number of ketones is 1. The van der Waals surface area contributed by atoms with Crippen LogP contribution >= 0.6 is 0 Å². The molecule has 0 aromatic carbocycles. The normalized spacial score (nSPS) is 33.1. The Morgan fingerprint density at radius 1 is 1.36 bits per heavy atom. The fourth-order valence-corrected chi connectivity index (χ4v) is 2.82. The molecule has 2 heterocycles. The molecule has 78 valence electrons. The van der Waals surface area contributed by atoms with Crippen LogP contribution in [-0.2, 0) is 4.79 Å². The van der Waals surface area contributed by atoms with Gasteiger partial charge in [-0.2, -0.15) is 0 Å². The zero-order valence-electron chi connectivity index (χ0n) is 8.91. The van der Waals surface area contributed by atoms with E-state index in [-0.39, 0.29) is 0 Å². The first-order valence-corrected chi connectivity index (χ1v) is 5.70. The number of hydrogen-bond donors (Lipinski definition) is 0. The monoisotopic (exact) mass is 193 g/mol. The van der Waals surface area contributed by atoms with E-state index in [9.17, 15) is 4.79 Å². The Hall–Kier alpha value is -0.630. The summed E-state index contributed by atoms with van der Waals surface area (Å²) >= 11 is 0. The molecule has 0 aromatic heterocycles. The average Bonchev–Trinajstić information content (AvgIpc) is 2.42. The first kappa shape index (κ1) is 9.91. The molecule has 0 N–H and O–H groups in total. The molecule has 0 saturated carbocycles. The summed E-state index contributed by atoms with van der Waals surface area (Å²) in [6, 6.07) is 1.15. The van der Waals surface area contributed by atoms with Crippen molar-refractivity contribution in [2.45, 2.75) is 51.1 Å². The van der Waals surface area contributed by atoms with Gasteiger partial charge in [-0.05, 0) is 26.2 Å². The maximum atomic E-state index is 11.4. The lowest BCUT2D eigenvalue weighted by Gasteiger charge is -2.33. The highest BCUT2D eigenvalue weighted by molar-refractivity contribution is 5.80. The fourth-order valence-electron chi connectivity index (χ4n) is 2.82. The number of allylic oxidation sites excluding steroid dienone is 1. The minimum atomic E-state index is 0.486. The summed E-state index contributed by atoms with van der Waals surface area (Å²) in [6.45, 7) is 3.21. The molecule has 2 rings (SSSR count). The fraction of sp³-hybridized carbons (Fsp3) is 0.750. The molecule has 0 aromatic rings. The number of carbonyl (C=O) groups excluding carboxylic acids is 1. The Balaban J connectivity index is 1.90. The van der Waals surface area contributed by atoms with Crippen LogP contribution in [0.25, 0.3) is 0 Å². The van der Waals surface area contributed by atoms with Gasteiger partial charge < -0.3 is 0 Å². The third-order valence-electron chi connectivity index (χ3n) is 3.49. The van der Waals surface area contributed by atoms with Crippen molar-refractivity contribution in [3.8, 4) is 0 Å². The van der Waals surface area contributed by atoms with E-state index >= 15 is 0 Å². The maximum Gasteiger partial charge on any atom is 0.136 e. The Bertz CT molecular complexity index is 231. The summed E-state index contributed by atoms with van der Waals surface area (Å²) in [5.74, 6) is 0.486. The zero-order chi connectivity index (χ0) is 9.97. The van der Waals surface area contributed by atoms with E-state index in [0.717, 1.165) is 25.8 Å². The van der Waals surface area contributed by atoms with E-state index in [1.165, 1.54) is 12.8 Å². The molecular formula is C12H19NO. The van der Waals surface area contributed by atoms with Crippen LogP contribution in [0, 0.1) is 0 Å². The van der Waals surface area contributed by atoms with Gasteiger partial charge in [-0.3, -0.25) is 9.69 Å². The van der Waals surface area contributed by atoms with Gasteiger partial charge in [0.25, 0.3) is 0 Å². The Morgan fingerprint density at radius 3 is 2.57 bits per heavy atom. The van der Waals surface area contributed by atoms with Crippen LogP contribution < -0.4 is 0 Å². The number of hydrogen-bond acceptors (Lipinski definition) is 2. The van der Waals surface area contributed by atoms with Gasteiger partial charge in [-0.25, -0.2) is 0 Å². The Morgan fingerprint density at radius 2 is 2.00 bits per heavy atom. The van der Waals surface area contributed by atoms with Crippen molar-refractivity contribution in [1.29, 1.82) is 0 Å². The van der Waals surface area contributed by atoms with Crippen LogP contribution in [-0.4, -0.2) is 29.3 Å². The Kier molecular flexibility index (Phi) is 3.02. The molecule has 0 radical (unpaired) electrons. The van der Waals surface area contributed by atoms with Crippen molar-refractivity contribution >= 4 is 5.78 Å². The molecule has 0 spiro atoms. The molecule has 2 nitrogen and oxygen atoms in total. The van der Waals surface area contributed by atoms with Gasteiger partial charge in [0.15, 0.2) is 0 Å². The number of carbonyl (C=O) groups is 1. The van der Waals surface area contributed by atoms with Crippen molar-refractivity contribution in [3.05, 3.63) is 12.2 Å². The molecule has 0 aliphatic carbocycles. The van der Waals surface area contributed by atoms with Crippen molar-refractivity contribution in [2.24, 2.45) is 0 Å². The number of rotatable bonds is 3. The third-order valence-corrected chi connectivity index (χ3v) is 3.49. The van der Waals surface area contributed by atoms with E-state index in [2.05, 4.69) is 24.0 Å². The van der Waals surface area contributed by atoms with Gasteiger partial charge >= 0.3 is 0 Å². The lowest BCUT2D eigenvalue weighted by Crippen LogP contribution is -2.43. The van der Waals surface area contributed by atoms with E-state index in [0.29, 0.717) is 17.9 Å². The second-order valence-corrected chi connectivity index (χ2v) is 4.43. The molecule has 2 heteroatoms. The van der Waals surface area contributed by atoms with Gasteiger partial charge in [0.05, 0.1) is 0 Å². The number of fused-ring (bicyclic) bond motifs is 2. The van der Waals surface area contributed by atoms with Crippen LogP contribution in [0.3, 0.4) is 0 Å². The summed E-state index contributed by atoms with van der Waals surface area (Å²) < 4.78 is 0. The summed E-state index contributed by atoms with van der Waals surface area (Å²) in [4.78, 5) is 13.9. The highest BCUT2D eigenvalue weighted by Crippen LogP contribution is 2.33. The van der Waals surface area contributed by atoms with E-state index in [4.69, 9.17) is 0 Å². The first-order valence-electron chi connectivity index (χ1n) is 5.70. The Labute approximate surface area is 86.0 Å². The maximum absolute atomic E-state index is 11.4. The van der Waals surface area contributed by atoms with Gasteiger partial charge in [-0.1, -0.05) is 12.2 Å². The van der Waals surface area contributed by atoms with E-state index in [1.807, 2.05) is 0 Å². The predicted molar refractivity (Wildman–Crippen MR) is 57.2 cm³/mol. The van der Waals surface area contributed by atoms with Crippen LogP contribution in [0.5, 0.6) is 0 Å². The predicted octanol–water partition coefficient (Wildman–Crippen LogP) is 2.15. The molecule has 2 fully saturated rings. The standard InChI is InChI=1S/C12H19NO/c1-2-3-4-7-13-10-5-6-11(13)9-12(14)8-10/h2-3,10-11H,4-9H2,1H3/b3-2+. The second kappa shape index (κ2) is 4.26. The molecule has 0 amide bonds. The van der Waals surface area contributed by atoms with Crippen molar-refractivity contribution in [1.82, 2.24) is 4.90 Å². The number of piperidine rings is 1. The highest BCUT2D eigenvalue weighted by Gasteiger charge is 2.39. The zero-order valence-corrected chi connectivity index (χ0v) is 8.91. The van der Waals surface area contributed by atoms with Crippen LogP contribution in [0.15, 0.2) is 12.2 Å². The highest BCUT2D eigenvalue weighted by atomic mass is 16.1. The van der Waals surface area contributed by atoms with E-state index < -0.39 is 0 Å². The largest absolute Gasteiger partial charge is 0.300 e. The molecule has 2 unspecified atom stereocenters. The molecule has 14 heavy (non-hydrogen) atoms. The van der Waals surface area contributed by atoms with Gasteiger partial charge in [0.1, 0.15) is 5.78 Å². The third kappa shape index (κ3) is 1.90. The smallest absolute Gasteiger partial charge is 0.136 e. The lowest BCUT2D eigenvalue weighted by atomic mass is 10.0. The van der Waals surface area contributed by atoms with Gasteiger partial charge in [-0.15, -0.1) is 0 Å². The first-order chi connectivity index (χ1) is 6.81. The van der Waals surface area contributed by atoms with Crippen molar-refractivity contribution in [2.75, 3.05) is 6.54 Å². The molecule has 2 atom stereocenters. The summed E-state index contributed by atoms with van der Waals surface area (Å²) in [5.41, 5.74) is 0. The molecular weight excluding hydrogens is 174 g/mol. The van der Waals surface area contributed by atoms with E-state index in [1.54, 1.807) is 0 Å². The topological polar surface area (TPSA) is 20.3 Å². The second-order valence-electron chi connectivity index (χ2n) is 4.43. The van der Waals surface area contributed by atoms with Crippen LogP contribution in [0.4, 0.5) is 0 Å². The average molecular weight is 193 g/mol.